The van der Waals surface area contributed by atoms with Crippen molar-refractivity contribution in [3.05, 3.63) is 65.2 Å². The van der Waals surface area contributed by atoms with Crippen molar-refractivity contribution >= 4 is 17.3 Å². The molecular weight excluding hydrogens is 352 g/mol. The van der Waals surface area contributed by atoms with Gasteiger partial charge in [-0.3, -0.25) is 15.1 Å². The van der Waals surface area contributed by atoms with E-state index in [1.54, 1.807) is 7.11 Å². The minimum Gasteiger partial charge on any atom is -0.493 e. The van der Waals surface area contributed by atoms with Gasteiger partial charge in [-0.2, -0.15) is 0 Å². The van der Waals surface area contributed by atoms with Crippen molar-refractivity contribution in [3.63, 3.8) is 0 Å². The van der Waals surface area contributed by atoms with Gasteiger partial charge in [0.15, 0.2) is 0 Å². The molecule has 0 bridgehead atoms. The number of nitrogens with zero attached hydrogens (tertiary/aromatic N) is 1. The molecule has 4 rings (SSSR count). The predicted octanol–water partition coefficient (Wildman–Crippen LogP) is 3.87. The molecule has 0 fully saturated rings. The zero-order valence-electron chi connectivity index (χ0n) is 16.2. The fourth-order valence-corrected chi connectivity index (χ4v) is 4.02. The molecule has 1 aliphatic carbocycles. The topological polar surface area (TPSA) is 50.8 Å². The normalized spacial score (nSPS) is 14.9. The highest BCUT2D eigenvalue weighted by Gasteiger charge is 2.22. The Balaban J connectivity index is 1.31. The van der Waals surface area contributed by atoms with Gasteiger partial charge >= 0.3 is 0 Å². The first kappa shape index (κ1) is 18.6. The number of allylic oxidation sites excluding steroid dienone is 1. The number of carbonyl (C=O) groups is 1. The van der Waals surface area contributed by atoms with Gasteiger partial charge in [0.05, 0.1) is 19.4 Å². The first-order chi connectivity index (χ1) is 13.8. The van der Waals surface area contributed by atoms with Crippen molar-refractivity contribution in [2.24, 2.45) is 0 Å². The molecule has 0 unspecified atom stereocenters. The van der Waals surface area contributed by atoms with E-state index >= 15 is 0 Å². The summed E-state index contributed by atoms with van der Waals surface area (Å²) in [6, 6.07) is 14.3. The van der Waals surface area contributed by atoms with Gasteiger partial charge < -0.3 is 9.64 Å². The van der Waals surface area contributed by atoms with E-state index in [4.69, 9.17) is 9.57 Å². The van der Waals surface area contributed by atoms with Crippen LogP contribution in [0, 0.1) is 0 Å². The number of ether oxygens (including phenoxy) is 1. The molecule has 1 amide bonds. The molecule has 2 aromatic rings. The number of anilines is 1. The van der Waals surface area contributed by atoms with Crippen LogP contribution in [0.1, 0.15) is 36.0 Å². The molecule has 146 valence electrons. The third-order valence-electron chi connectivity index (χ3n) is 5.35. The number of carbonyl (C=O) groups excluding carboxylic acids is 1. The Morgan fingerprint density at radius 3 is 2.96 bits per heavy atom. The summed E-state index contributed by atoms with van der Waals surface area (Å²) in [6.45, 7) is 1.34. The zero-order valence-corrected chi connectivity index (χ0v) is 16.2. The van der Waals surface area contributed by atoms with Crippen molar-refractivity contribution in [2.45, 2.75) is 32.1 Å². The van der Waals surface area contributed by atoms with E-state index in [-0.39, 0.29) is 5.91 Å². The number of aryl methyl sites for hydroxylation is 1. The van der Waals surface area contributed by atoms with Gasteiger partial charge in [-0.15, -0.1) is 0 Å². The summed E-state index contributed by atoms with van der Waals surface area (Å²) in [6.07, 6.45) is 6.20. The highest BCUT2D eigenvalue weighted by Crippen LogP contribution is 2.33. The Labute approximate surface area is 165 Å². The molecule has 0 spiro atoms. The maximum atomic E-state index is 12.7. The van der Waals surface area contributed by atoms with Gasteiger partial charge in [0.2, 0.25) is 5.91 Å². The van der Waals surface area contributed by atoms with Crippen LogP contribution in [0.3, 0.4) is 0 Å². The lowest BCUT2D eigenvalue weighted by atomic mass is 10.0. The van der Waals surface area contributed by atoms with Crippen LogP contribution in [0.25, 0.3) is 5.70 Å². The van der Waals surface area contributed by atoms with Crippen LogP contribution in [0.4, 0.5) is 5.69 Å². The van der Waals surface area contributed by atoms with Crippen molar-refractivity contribution in [2.75, 3.05) is 25.2 Å². The number of rotatable bonds is 7. The molecule has 2 aliphatic rings. The number of hydroxylamine groups is 1. The molecule has 5 nitrogen and oxygen atoms in total. The summed E-state index contributed by atoms with van der Waals surface area (Å²) in [5.74, 6) is 1.07. The highest BCUT2D eigenvalue weighted by atomic mass is 16.6. The number of para-hydroxylation sites is 1. The second-order valence-corrected chi connectivity index (χ2v) is 7.14. The fraction of sp³-hybridized carbons (Fsp3) is 0.348. The van der Waals surface area contributed by atoms with Gasteiger partial charge in [0, 0.05) is 29.8 Å². The lowest BCUT2D eigenvalue weighted by Gasteiger charge is -2.29. The molecule has 0 saturated heterocycles. The Kier molecular flexibility index (Phi) is 5.63. The Morgan fingerprint density at radius 2 is 2.07 bits per heavy atom. The maximum absolute atomic E-state index is 12.7. The molecule has 28 heavy (non-hydrogen) atoms. The quantitative estimate of drug-likeness (QED) is 0.587. The average molecular weight is 378 g/mol. The molecule has 1 aliphatic heterocycles. The van der Waals surface area contributed by atoms with Crippen LogP contribution in [0.5, 0.6) is 5.75 Å². The van der Waals surface area contributed by atoms with Gasteiger partial charge in [0.1, 0.15) is 5.75 Å². The second-order valence-electron chi connectivity index (χ2n) is 7.14. The molecule has 1 N–H and O–H groups in total. The first-order valence-corrected chi connectivity index (χ1v) is 9.90. The van der Waals surface area contributed by atoms with E-state index < -0.39 is 0 Å². The molecule has 0 radical (unpaired) electrons. The van der Waals surface area contributed by atoms with Crippen LogP contribution in [0.2, 0.25) is 0 Å². The number of amides is 1. The van der Waals surface area contributed by atoms with Gasteiger partial charge in [-0.05, 0) is 43.4 Å². The van der Waals surface area contributed by atoms with Crippen LogP contribution >= 0.6 is 0 Å². The molecule has 0 saturated carbocycles. The number of hydrogen-bond donors (Lipinski definition) is 1. The van der Waals surface area contributed by atoms with Crippen LogP contribution in [0.15, 0.2) is 48.5 Å². The summed E-state index contributed by atoms with van der Waals surface area (Å²) < 4.78 is 6.01. The summed E-state index contributed by atoms with van der Waals surface area (Å²) in [7, 11) is 1.61. The third-order valence-corrected chi connectivity index (χ3v) is 5.35. The summed E-state index contributed by atoms with van der Waals surface area (Å²) >= 11 is 0. The van der Waals surface area contributed by atoms with E-state index in [9.17, 15) is 4.79 Å². The number of nitrogens with one attached hydrogen (secondary N) is 1. The summed E-state index contributed by atoms with van der Waals surface area (Å²) in [5, 5.41) is 0. The van der Waals surface area contributed by atoms with E-state index in [2.05, 4.69) is 29.8 Å². The molecule has 5 heteroatoms. The van der Waals surface area contributed by atoms with E-state index in [1.807, 2.05) is 29.2 Å². The Morgan fingerprint density at radius 1 is 1.18 bits per heavy atom. The standard InChI is InChI=1S/C23H26N2O3/c1-27-24-20-14-13-19-18(20)9-4-11-22(19)28-16-6-12-23(26)25-15-5-8-17-7-2-3-10-21(17)25/h2-4,7,9-11,14,24H,5-6,8,12-13,15-16H2,1H3. The fourth-order valence-electron chi connectivity index (χ4n) is 4.02. The zero-order chi connectivity index (χ0) is 19.3. The lowest BCUT2D eigenvalue weighted by molar-refractivity contribution is -0.118. The highest BCUT2D eigenvalue weighted by molar-refractivity contribution is 5.94. The van der Waals surface area contributed by atoms with Gasteiger partial charge in [0.25, 0.3) is 0 Å². The minimum absolute atomic E-state index is 0.183. The van der Waals surface area contributed by atoms with Crippen molar-refractivity contribution in [3.8, 4) is 5.75 Å². The number of fused-ring (bicyclic) bond motifs is 2. The molecule has 1 heterocycles. The van der Waals surface area contributed by atoms with Crippen LogP contribution in [-0.2, 0) is 22.5 Å². The summed E-state index contributed by atoms with van der Waals surface area (Å²) in [5.41, 5.74) is 8.50. The van der Waals surface area contributed by atoms with Crippen molar-refractivity contribution < 1.29 is 14.4 Å². The van der Waals surface area contributed by atoms with Crippen LogP contribution < -0.4 is 15.1 Å². The predicted molar refractivity (Wildman–Crippen MR) is 110 cm³/mol. The Bertz CT molecular complexity index is 891. The smallest absolute Gasteiger partial charge is 0.227 e. The van der Waals surface area contributed by atoms with Crippen molar-refractivity contribution in [1.82, 2.24) is 5.48 Å². The average Bonchev–Trinajstić information content (AvgIpc) is 3.14. The number of hydrogen-bond acceptors (Lipinski definition) is 4. The SMILES string of the molecule is CONC1=CCc2c(OCCCC(=O)N3CCCc4ccccc43)cccc21. The third kappa shape index (κ3) is 3.76. The monoisotopic (exact) mass is 378 g/mol. The number of benzene rings is 2. The molecular formula is C23H26N2O3. The second kappa shape index (κ2) is 8.48. The van der Waals surface area contributed by atoms with Gasteiger partial charge in [-0.1, -0.05) is 36.4 Å². The van der Waals surface area contributed by atoms with E-state index in [0.717, 1.165) is 48.5 Å². The van der Waals surface area contributed by atoms with Crippen molar-refractivity contribution in [1.29, 1.82) is 0 Å². The molecule has 0 atom stereocenters. The lowest BCUT2D eigenvalue weighted by Crippen LogP contribution is -2.35. The first-order valence-electron chi connectivity index (χ1n) is 9.90. The maximum Gasteiger partial charge on any atom is 0.227 e. The van der Waals surface area contributed by atoms with E-state index in [0.29, 0.717) is 19.4 Å². The van der Waals surface area contributed by atoms with E-state index in [1.165, 1.54) is 11.1 Å². The van der Waals surface area contributed by atoms with Gasteiger partial charge in [-0.25, -0.2) is 0 Å². The largest absolute Gasteiger partial charge is 0.493 e. The molecule has 0 aromatic heterocycles. The summed E-state index contributed by atoms with van der Waals surface area (Å²) in [4.78, 5) is 19.7. The molecule has 2 aromatic carbocycles. The minimum atomic E-state index is 0.183. The van der Waals surface area contributed by atoms with Crippen LogP contribution in [-0.4, -0.2) is 26.2 Å². The Hall–Kier alpha value is -2.79.